The molecule has 1 amide bonds. The maximum atomic E-state index is 12.6. The van der Waals surface area contributed by atoms with E-state index in [9.17, 15) is 4.79 Å². The molecular formula is C16H25N3O2S. The fourth-order valence-corrected chi connectivity index (χ4v) is 4.12. The monoisotopic (exact) mass is 323 g/mol. The summed E-state index contributed by atoms with van der Waals surface area (Å²) >= 11 is 1.77. The summed E-state index contributed by atoms with van der Waals surface area (Å²) in [6.45, 7) is 5.14. The largest absolute Gasteiger partial charge is 0.379 e. The number of carbonyl (C=O) groups is 1. The van der Waals surface area contributed by atoms with E-state index in [1.165, 1.54) is 4.88 Å². The van der Waals surface area contributed by atoms with E-state index in [4.69, 9.17) is 4.74 Å². The Labute approximate surface area is 136 Å². The molecule has 0 aromatic carbocycles. The molecule has 0 saturated carbocycles. The lowest BCUT2D eigenvalue weighted by molar-refractivity contribution is -0.132. The summed E-state index contributed by atoms with van der Waals surface area (Å²) in [6, 6.07) is 4.56. The van der Waals surface area contributed by atoms with Crippen LogP contribution in [0.25, 0.3) is 0 Å². The number of hydrogen-bond acceptors (Lipinski definition) is 5. The molecule has 0 radical (unpaired) electrons. The van der Waals surface area contributed by atoms with Crippen LogP contribution >= 0.6 is 11.3 Å². The number of hydrogen-bond donors (Lipinski definition) is 1. The summed E-state index contributed by atoms with van der Waals surface area (Å²) in [7, 11) is 1.93. The van der Waals surface area contributed by atoms with Crippen LogP contribution in [0.2, 0.25) is 0 Å². The number of amides is 1. The minimum absolute atomic E-state index is 0.0127. The molecule has 3 heterocycles. The van der Waals surface area contributed by atoms with Crippen molar-refractivity contribution >= 4 is 17.2 Å². The first kappa shape index (κ1) is 15.9. The van der Waals surface area contributed by atoms with Gasteiger partial charge >= 0.3 is 0 Å². The van der Waals surface area contributed by atoms with Crippen LogP contribution in [0.1, 0.15) is 23.8 Å². The van der Waals surface area contributed by atoms with Gasteiger partial charge in [-0.2, -0.15) is 0 Å². The van der Waals surface area contributed by atoms with Crippen LogP contribution in [0, 0.1) is 0 Å². The molecule has 1 aromatic heterocycles. The Morgan fingerprint density at radius 2 is 2.36 bits per heavy atom. The normalized spacial score (nSPS) is 24.3. The van der Waals surface area contributed by atoms with Crippen LogP contribution in [-0.4, -0.2) is 68.2 Å². The third kappa shape index (κ3) is 3.68. The maximum absolute atomic E-state index is 12.6. The Bertz CT molecular complexity index is 468. The van der Waals surface area contributed by atoms with Crippen molar-refractivity contribution in [2.75, 3.05) is 46.4 Å². The Kier molecular flexibility index (Phi) is 5.46. The average Bonchev–Trinajstić information content (AvgIpc) is 3.25. The van der Waals surface area contributed by atoms with Crippen LogP contribution in [-0.2, 0) is 9.53 Å². The first-order valence-electron chi connectivity index (χ1n) is 8.09. The van der Waals surface area contributed by atoms with Crippen LogP contribution in [0.15, 0.2) is 17.5 Å². The van der Waals surface area contributed by atoms with Gasteiger partial charge in [0.15, 0.2) is 0 Å². The van der Waals surface area contributed by atoms with E-state index < -0.39 is 0 Å². The minimum atomic E-state index is 0.0127. The number of ether oxygens (including phenoxy) is 1. The van der Waals surface area contributed by atoms with E-state index in [1.807, 2.05) is 11.9 Å². The summed E-state index contributed by atoms with van der Waals surface area (Å²) in [5.74, 6) is 0.229. The molecule has 1 N–H and O–H groups in total. The van der Waals surface area contributed by atoms with E-state index >= 15 is 0 Å². The number of nitrogens with one attached hydrogen (secondary N) is 1. The summed E-state index contributed by atoms with van der Waals surface area (Å²) in [5.41, 5.74) is 0. The Balaban J connectivity index is 1.67. The van der Waals surface area contributed by atoms with E-state index in [0.29, 0.717) is 0 Å². The second-order valence-electron chi connectivity index (χ2n) is 6.05. The van der Waals surface area contributed by atoms with E-state index in [-0.39, 0.29) is 18.0 Å². The van der Waals surface area contributed by atoms with Crippen molar-refractivity contribution in [3.05, 3.63) is 22.4 Å². The third-order valence-electron chi connectivity index (χ3n) is 4.54. The van der Waals surface area contributed by atoms with Gasteiger partial charge in [0, 0.05) is 31.6 Å². The predicted molar refractivity (Wildman–Crippen MR) is 88.1 cm³/mol. The molecule has 3 rings (SSSR count). The number of likely N-dealkylation sites (N-methyl/N-ethyl adjacent to an activating group) is 1. The second kappa shape index (κ2) is 7.55. The molecule has 0 bridgehead atoms. The van der Waals surface area contributed by atoms with E-state index in [2.05, 4.69) is 27.7 Å². The summed E-state index contributed by atoms with van der Waals surface area (Å²) in [6.07, 6.45) is 2.06. The zero-order valence-electron chi connectivity index (χ0n) is 13.2. The summed E-state index contributed by atoms with van der Waals surface area (Å²) in [4.78, 5) is 18.2. The van der Waals surface area contributed by atoms with Crippen LogP contribution in [0.4, 0.5) is 0 Å². The van der Waals surface area contributed by atoms with Crippen LogP contribution in [0.5, 0.6) is 0 Å². The van der Waals surface area contributed by atoms with Crippen molar-refractivity contribution in [3.63, 3.8) is 0 Å². The third-order valence-corrected chi connectivity index (χ3v) is 5.51. The van der Waals surface area contributed by atoms with Gasteiger partial charge in [-0.15, -0.1) is 11.3 Å². The summed E-state index contributed by atoms with van der Waals surface area (Å²) in [5, 5.41) is 5.42. The molecule has 2 saturated heterocycles. The van der Waals surface area contributed by atoms with E-state index in [0.717, 1.165) is 52.2 Å². The number of rotatable bonds is 5. The van der Waals surface area contributed by atoms with Gasteiger partial charge < -0.3 is 15.0 Å². The van der Waals surface area contributed by atoms with Crippen molar-refractivity contribution in [1.29, 1.82) is 0 Å². The van der Waals surface area contributed by atoms with Gasteiger partial charge in [0.25, 0.3) is 0 Å². The zero-order chi connectivity index (χ0) is 15.4. The summed E-state index contributed by atoms with van der Waals surface area (Å²) < 4.78 is 5.47. The Morgan fingerprint density at radius 1 is 1.55 bits per heavy atom. The van der Waals surface area contributed by atoms with Gasteiger partial charge in [0.1, 0.15) is 0 Å². The smallest absolute Gasteiger partial charge is 0.239 e. The fourth-order valence-electron chi connectivity index (χ4n) is 3.27. The number of nitrogens with zero attached hydrogens (tertiary/aromatic N) is 2. The second-order valence-corrected chi connectivity index (χ2v) is 7.03. The lowest BCUT2D eigenvalue weighted by atomic mass is 10.1. The molecule has 122 valence electrons. The highest BCUT2D eigenvalue weighted by atomic mass is 32.1. The van der Waals surface area contributed by atoms with Gasteiger partial charge in [-0.05, 0) is 30.8 Å². The zero-order valence-corrected chi connectivity index (χ0v) is 14.0. The van der Waals surface area contributed by atoms with Crippen LogP contribution < -0.4 is 5.32 Å². The number of morpholine rings is 1. The SMILES string of the molecule is CN(CC(c1cccs1)N1CCOCC1)C(=O)[C@@H]1CCCN1. The fraction of sp³-hybridized carbons (Fsp3) is 0.688. The molecule has 0 spiro atoms. The van der Waals surface area contributed by atoms with E-state index in [1.54, 1.807) is 11.3 Å². The Morgan fingerprint density at radius 3 is 3.00 bits per heavy atom. The van der Waals surface area contributed by atoms with Gasteiger partial charge in [-0.3, -0.25) is 9.69 Å². The maximum Gasteiger partial charge on any atom is 0.239 e. The molecule has 22 heavy (non-hydrogen) atoms. The minimum Gasteiger partial charge on any atom is -0.379 e. The average molecular weight is 323 g/mol. The van der Waals surface area contributed by atoms with Crippen molar-refractivity contribution < 1.29 is 9.53 Å². The standard InChI is InChI=1S/C16H25N3O2S/c1-18(16(20)13-4-2-6-17-13)12-14(15-5-3-11-22-15)19-7-9-21-10-8-19/h3,5,11,13-14,17H,2,4,6-10,12H2,1H3/t13-,14?/m0/s1. The first-order chi connectivity index (χ1) is 10.8. The lowest BCUT2D eigenvalue weighted by Crippen LogP contribution is -2.47. The Hall–Kier alpha value is -0.950. The molecule has 2 aliphatic rings. The van der Waals surface area contributed by atoms with Gasteiger partial charge in [0.05, 0.1) is 25.3 Å². The molecular weight excluding hydrogens is 298 g/mol. The number of thiophene rings is 1. The molecule has 6 heteroatoms. The van der Waals surface area contributed by atoms with Crippen molar-refractivity contribution in [2.45, 2.75) is 24.9 Å². The molecule has 2 atom stereocenters. The van der Waals surface area contributed by atoms with Gasteiger partial charge in [0.2, 0.25) is 5.91 Å². The molecule has 2 aliphatic heterocycles. The van der Waals surface area contributed by atoms with Crippen molar-refractivity contribution in [2.24, 2.45) is 0 Å². The quantitative estimate of drug-likeness (QED) is 0.888. The lowest BCUT2D eigenvalue weighted by Gasteiger charge is -2.36. The highest BCUT2D eigenvalue weighted by Crippen LogP contribution is 2.27. The molecule has 1 aromatic rings. The van der Waals surface area contributed by atoms with Gasteiger partial charge in [-0.25, -0.2) is 0 Å². The number of carbonyl (C=O) groups excluding carboxylic acids is 1. The predicted octanol–water partition coefficient (Wildman–Crippen LogP) is 1.33. The molecule has 2 fully saturated rings. The van der Waals surface area contributed by atoms with Crippen LogP contribution in [0.3, 0.4) is 0 Å². The van der Waals surface area contributed by atoms with Gasteiger partial charge in [-0.1, -0.05) is 6.07 Å². The highest BCUT2D eigenvalue weighted by molar-refractivity contribution is 7.10. The molecule has 5 nitrogen and oxygen atoms in total. The first-order valence-corrected chi connectivity index (χ1v) is 8.97. The van der Waals surface area contributed by atoms with Crippen molar-refractivity contribution in [1.82, 2.24) is 15.1 Å². The highest BCUT2D eigenvalue weighted by Gasteiger charge is 2.29. The topological polar surface area (TPSA) is 44.8 Å². The molecule has 1 unspecified atom stereocenters. The van der Waals surface area contributed by atoms with Crippen molar-refractivity contribution in [3.8, 4) is 0 Å². The molecule has 0 aliphatic carbocycles.